The molecule has 0 bridgehead atoms. The number of hydrogen-bond donors (Lipinski definition) is 0. The summed E-state index contributed by atoms with van der Waals surface area (Å²) >= 11 is 0. The van der Waals surface area contributed by atoms with Gasteiger partial charge in [0.2, 0.25) is 0 Å². The van der Waals surface area contributed by atoms with Crippen molar-refractivity contribution in [2.24, 2.45) is 0 Å². The van der Waals surface area contributed by atoms with Crippen molar-refractivity contribution in [2.75, 3.05) is 0 Å². The SMILES string of the molecule is C#CCCCCC(=O)OC(C)(C)C. The Hall–Kier alpha value is -0.970. The van der Waals surface area contributed by atoms with E-state index < -0.39 is 0 Å². The quantitative estimate of drug-likeness (QED) is 0.379. The first kappa shape index (κ1) is 12.0. The Kier molecular flexibility index (Phi) is 5.22. The minimum atomic E-state index is -0.372. The van der Waals surface area contributed by atoms with Gasteiger partial charge in [0.15, 0.2) is 0 Å². The lowest BCUT2D eigenvalue weighted by molar-refractivity contribution is -0.154. The Morgan fingerprint density at radius 1 is 1.38 bits per heavy atom. The van der Waals surface area contributed by atoms with Crippen molar-refractivity contribution < 1.29 is 9.53 Å². The summed E-state index contributed by atoms with van der Waals surface area (Å²) < 4.78 is 5.13. The van der Waals surface area contributed by atoms with Gasteiger partial charge in [-0.25, -0.2) is 0 Å². The van der Waals surface area contributed by atoms with E-state index in [4.69, 9.17) is 11.2 Å². The maximum atomic E-state index is 11.1. The molecular formula is C11H18O2. The van der Waals surface area contributed by atoms with E-state index in [0.717, 1.165) is 19.3 Å². The van der Waals surface area contributed by atoms with Crippen LogP contribution in [0, 0.1) is 12.3 Å². The highest BCUT2D eigenvalue weighted by Gasteiger charge is 2.15. The molecule has 0 radical (unpaired) electrons. The molecule has 0 saturated heterocycles. The van der Waals surface area contributed by atoms with Gasteiger partial charge >= 0.3 is 5.97 Å². The maximum Gasteiger partial charge on any atom is 0.306 e. The molecule has 0 aliphatic rings. The molecule has 0 aromatic carbocycles. The molecule has 0 N–H and O–H groups in total. The zero-order valence-electron chi connectivity index (χ0n) is 8.72. The molecule has 0 aromatic heterocycles. The van der Waals surface area contributed by atoms with Crippen LogP contribution >= 0.6 is 0 Å². The van der Waals surface area contributed by atoms with Crippen LogP contribution in [-0.4, -0.2) is 11.6 Å². The fourth-order valence-electron chi connectivity index (χ4n) is 0.889. The van der Waals surface area contributed by atoms with E-state index >= 15 is 0 Å². The van der Waals surface area contributed by atoms with Gasteiger partial charge in [0, 0.05) is 12.8 Å². The number of carbonyl (C=O) groups excluding carboxylic acids is 1. The number of terminal acetylenes is 1. The molecule has 0 spiro atoms. The van der Waals surface area contributed by atoms with Gasteiger partial charge in [-0.1, -0.05) is 0 Å². The van der Waals surface area contributed by atoms with Crippen molar-refractivity contribution in [3.63, 3.8) is 0 Å². The first-order valence-electron chi connectivity index (χ1n) is 4.61. The van der Waals surface area contributed by atoms with Crippen molar-refractivity contribution in [3.8, 4) is 12.3 Å². The highest BCUT2D eigenvalue weighted by Crippen LogP contribution is 2.10. The number of ether oxygens (including phenoxy) is 1. The van der Waals surface area contributed by atoms with E-state index in [1.54, 1.807) is 0 Å². The van der Waals surface area contributed by atoms with E-state index in [1.165, 1.54) is 0 Å². The summed E-state index contributed by atoms with van der Waals surface area (Å²) in [4.78, 5) is 11.1. The van der Waals surface area contributed by atoms with E-state index in [2.05, 4.69) is 5.92 Å². The Labute approximate surface area is 80.7 Å². The van der Waals surface area contributed by atoms with E-state index in [-0.39, 0.29) is 11.6 Å². The van der Waals surface area contributed by atoms with Gasteiger partial charge in [-0.05, 0) is 33.6 Å². The summed E-state index contributed by atoms with van der Waals surface area (Å²) in [5, 5.41) is 0. The van der Waals surface area contributed by atoms with Crippen LogP contribution in [0.5, 0.6) is 0 Å². The normalized spacial score (nSPS) is 10.6. The topological polar surface area (TPSA) is 26.3 Å². The Balaban J connectivity index is 3.48. The van der Waals surface area contributed by atoms with Crippen molar-refractivity contribution in [1.29, 1.82) is 0 Å². The summed E-state index contributed by atoms with van der Waals surface area (Å²) in [6.45, 7) is 5.60. The zero-order chi connectivity index (χ0) is 10.3. The van der Waals surface area contributed by atoms with Crippen molar-refractivity contribution in [3.05, 3.63) is 0 Å². The number of unbranched alkanes of at least 4 members (excludes halogenated alkanes) is 2. The molecule has 74 valence electrons. The second kappa shape index (κ2) is 5.64. The first-order chi connectivity index (χ1) is 5.95. The van der Waals surface area contributed by atoms with Gasteiger partial charge in [0.1, 0.15) is 5.60 Å². The van der Waals surface area contributed by atoms with Crippen molar-refractivity contribution in [2.45, 2.75) is 52.1 Å². The van der Waals surface area contributed by atoms with Crippen molar-refractivity contribution in [1.82, 2.24) is 0 Å². The Bertz CT molecular complexity index is 193. The summed E-state index contributed by atoms with van der Waals surface area (Å²) in [6, 6.07) is 0. The summed E-state index contributed by atoms with van der Waals surface area (Å²) in [5.41, 5.74) is -0.372. The molecule has 0 heterocycles. The third kappa shape index (κ3) is 8.94. The molecule has 0 unspecified atom stereocenters. The number of esters is 1. The lowest BCUT2D eigenvalue weighted by atomic mass is 10.1. The largest absolute Gasteiger partial charge is 0.460 e. The maximum absolute atomic E-state index is 11.1. The molecule has 0 rings (SSSR count). The van der Waals surface area contributed by atoms with Crippen LogP contribution in [0.25, 0.3) is 0 Å². The predicted molar refractivity (Wildman–Crippen MR) is 53.1 cm³/mol. The van der Waals surface area contributed by atoms with Gasteiger partial charge in [-0.3, -0.25) is 4.79 Å². The molecule has 0 fully saturated rings. The third-order valence-electron chi connectivity index (χ3n) is 1.37. The first-order valence-corrected chi connectivity index (χ1v) is 4.61. The molecule has 2 nitrogen and oxygen atoms in total. The highest BCUT2D eigenvalue weighted by molar-refractivity contribution is 5.69. The van der Waals surface area contributed by atoms with E-state index in [1.807, 2.05) is 20.8 Å². The Morgan fingerprint density at radius 3 is 2.46 bits per heavy atom. The number of rotatable bonds is 4. The smallest absolute Gasteiger partial charge is 0.306 e. The monoisotopic (exact) mass is 182 g/mol. The van der Waals surface area contributed by atoms with Gasteiger partial charge in [0.05, 0.1) is 0 Å². The average molecular weight is 182 g/mol. The second-order valence-corrected chi connectivity index (χ2v) is 4.00. The fraction of sp³-hybridized carbons (Fsp3) is 0.727. The standard InChI is InChI=1S/C11H18O2/c1-5-6-7-8-9-10(12)13-11(2,3)4/h1H,6-9H2,2-4H3. The predicted octanol–water partition coefficient (Wildman–Crippen LogP) is 2.52. The van der Waals surface area contributed by atoms with E-state index in [9.17, 15) is 4.79 Å². The lowest BCUT2D eigenvalue weighted by Gasteiger charge is -2.19. The van der Waals surface area contributed by atoms with Gasteiger partial charge in [-0.15, -0.1) is 12.3 Å². The number of hydrogen-bond acceptors (Lipinski definition) is 2. The van der Waals surface area contributed by atoms with Crippen LogP contribution < -0.4 is 0 Å². The summed E-state index contributed by atoms with van der Waals surface area (Å²) in [7, 11) is 0. The van der Waals surface area contributed by atoms with E-state index in [0.29, 0.717) is 6.42 Å². The average Bonchev–Trinajstić information content (AvgIpc) is 1.94. The molecule has 0 aliphatic heterocycles. The fourth-order valence-corrected chi connectivity index (χ4v) is 0.889. The molecule has 13 heavy (non-hydrogen) atoms. The minimum absolute atomic E-state index is 0.135. The molecular weight excluding hydrogens is 164 g/mol. The molecule has 0 amide bonds. The van der Waals surface area contributed by atoms with Crippen LogP contribution in [-0.2, 0) is 9.53 Å². The van der Waals surface area contributed by atoms with Crippen LogP contribution in [0.4, 0.5) is 0 Å². The zero-order valence-corrected chi connectivity index (χ0v) is 8.72. The van der Waals surface area contributed by atoms with Gasteiger partial charge < -0.3 is 4.74 Å². The highest BCUT2D eigenvalue weighted by atomic mass is 16.6. The molecule has 0 saturated carbocycles. The molecule has 0 aromatic rings. The minimum Gasteiger partial charge on any atom is -0.460 e. The van der Waals surface area contributed by atoms with Gasteiger partial charge in [0.25, 0.3) is 0 Å². The van der Waals surface area contributed by atoms with Crippen LogP contribution in [0.2, 0.25) is 0 Å². The Morgan fingerprint density at radius 2 is 2.00 bits per heavy atom. The second-order valence-electron chi connectivity index (χ2n) is 4.00. The van der Waals surface area contributed by atoms with Gasteiger partial charge in [-0.2, -0.15) is 0 Å². The molecule has 0 atom stereocenters. The van der Waals surface area contributed by atoms with Crippen LogP contribution in [0.1, 0.15) is 46.5 Å². The van der Waals surface area contributed by atoms with Crippen LogP contribution in [0.3, 0.4) is 0 Å². The van der Waals surface area contributed by atoms with Crippen molar-refractivity contribution >= 4 is 5.97 Å². The number of carbonyl (C=O) groups is 1. The summed E-state index contributed by atoms with van der Waals surface area (Å²) in [6.07, 6.45) is 8.01. The van der Waals surface area contributed by atoms with Crippen LogP contribution in [0.15, 0.2) is 0 Å². The summed E-state index contributed by atoms with van der Waals surface area (Å²) in [5.74, 6) is 2.40. The molecule has 2 heteroatoms. The molecule has 0 aliphatic carbocycles. The lowest BCUT2D eigenvalue weighted by Crippen LogP contribution is -2.23. The third-order valence-corrected chi connectivity index (χ3v) is 1.37.